The van der Waals surface area contributed by atoms with Crippen molar-refractivity contribution in [2.75, 3.05) is 5.32 Å². The van der Waals surface area contributed by atoms with Crippen molar-refractivity contribution in [2.24, 2.45) is 0 Å². The van der Waals surface area contributed by atoms with E-state index in [2.05, 4.69) is 21.2 Å². The first-order valence-corrected chi connectivity index (χ1v) is 6.91. The summed E-state index contributed by atoms with van der Waals surface area (Å²) in [7, 11) is 0. The lowest BCUT2D eigenvalue weighted by atomic mass is 10.0. The molecule has 0 bridgehead atoms. The zero-order chi connectivity index (χ0) is 14.0. The molecule has 0 aliphatic rings. The number of halogens is 1. The summed E-state index contributed by atoms with van der Waals surface area (Å²) in [5.74, 6) is -0.0667. The first-order chi connectivity index (χ1) is 8.97. The molecule has 0 radical (unpaired) electrons. The summed E-state index contributed by atoms with van der Waals surface area (Å²) in [5.41, 5.74) is 4.70. The number of aryl methyl sites for hydroxylation is 3. The fraction of sp³-hybridized carbons (Fsp3) is 0.188. The number of rotatable bonds is 2. The van der Waals surface area contributed by atoms with Gasteiger partial charge in [0.2, 0.25) is 0 Å². The molecule has 0 aliphatic heterocycles. The van der Waals surface area contributed by atoms with Crippen LogP contribution in [-0.4, -0.2) is 5.91 Å². The van der Waals surface area contributed by atoms with Crippen molar-refractivity contribution in [3.05, 3.63) is 63.1 Å². The minimum Gasteiger partial charge on any atom is -0.322 e. The summed E-state index contributed by atoms with van der Waals surface area (Å²) >= 11 is 3.45. The Morgan fingerprint density at radius 3 is 2.42 bits per heavy atom. The van der Waals surface area contributed by atoms with E-state index in [0.717, 1.165) is 32.4 Å². The standard InChI is InChI=1S/C16H16BrNO/c1-10-4-5-11(2)14(8-10)16(19)18-13-6-7-15(17)12(3)9-13/h4-9H,1-3H3,(H,18,19). The lowest BCUT2D eigenvalue weighted by Gasteiger charge is -2.09. The molecule has 0 fully saturated rings. The zero-order valence-electron chi connectivity index (χ0n) is 11.3. The number of anilines is 1. The summed E-state index contributed by atoms with van der Waals surface area (Å²) in [6.45, 7) is 5.93. The second-order valence-electron chi connectivity index (χ2n) is 4.74. The molecule has 0 heterocycles. The van der Waals surface area contributed by atoms with E-state index in [-0.39, 0.29) is 5.91 Å². The van der Waals surface area contributed by atoms with E-state index in [1.807, 2.05) is 57.2 Å². The zero-order valence-corrected chi connectivity index (χ0v) is 12.8. The van der Waals surface area contributed by atoms with Gasteiger partial charge in [-0.05, 0) is 56.2 Å². The van der Waals surface area contributed by atoms with Gasteiger partial charge in [0.15, 0.2) is 0 Å². The Labute approximate surface area is 122 Å². The maximum Gasteiger partial charge on any atom is 0.255 e. The molecule has 2 rings (SSSR count). The van der Waals surface area contributed by atoms with Gasteiger partial charge in [-0.2, -0.15) is 0 Å². The van der Waals surface area contributed by atoms with E-state index in [1.165, 1.54) is 0 Å². The third-order valence-electron chi connectivity index (χ3n) is 3.05. The minimum absolute atomic E-state index is 0.0667. The van der Waals surface area contributed by atoms with Gasteiger partial charge in [0.05, 0.1) is 0 Å². The average molecular weight is 318 g/mol. The molecule has 0 unspecified atom stereocenters. The van der Waals surface area contributed by atoms with Crippen molar-refractivity contribution < 1.29 is 4.79 Å². The average Bonchev–Trinajstić information content (AvgIpc) is 2.36. The van der Waals surface area contributed by atoms with Crippen LogP contribution in [-0.2, 0) is 0 Å². The van der Waals surface area contributed by atoms with E-state index < -0.39 is 0 Å². The number of hydrogen-bond acceptors (Lipinski definition) is 1. The van der Waals surface area contributed by atoms with Crippen molar-refractivity contribution in [3.63, 3.8) is 0 Å². The maximum absolute atomic E-state index is 12.3. The Hall–Kier alpha value is -1.61. The van der Waals surface area contributed by atoms with Crippen LogP contribution in [0.2, 0.25) is 0 Å². The van der Waals surface area contributed by atoms with Gasteiger partial charge in [-0.1, -0.05) is 33.6 Å². The smallest absolute Gasteiger partial charge is 0.255 e. The first-order valence-electron chi connectivity index (χ1n) is 6.12. The van der Waals surface area contributed by atoms with Gasteiger partial charge in [0.1, 0.15) is 0 Å². The normalized spacial score (nSPS) is 10.3. The molecular weight excluding hydrogens is 302 g/mol. The summed E-state index contributed by atoms with van der Waals surface area (Å²) in [4.78, 5) is 12.3. The Morgan fingerprint density at radius 2 is 1.74 bits per heavy atom. The monoisotopic (exact) mass is 317 g/mol. The predicted octanol–water partition coefficient (Wildman–Crippen LogP) is 4.63. The van der Waals surface area contributed by atoms with Crippen LogP contribution in [0, 0.1) is 20.8 Å². The van der Waals surface area contributed by atoms with E-state index in [1.54, 1.807) is 0 Å². The largest absolute Gasteiger partial charge is 0.322 e. The first kappa shape index (κ1) is 13.8. The molecule has 98 valence electrons. The SMILES string of the molecule is Cc1ccc(C)c(C(=O)Nc2ccc(Br)c(C)c2)c1. The van der Waals surface area contributed by atoms with Gasteiger partial charge in [0.25, 0.3) is 5.91 Å². The molecule has 1 amide bonds. The third kappa shape index (κ3) is 3.24. The number of benzene rings is 2. The fourth-order valence-electron chi connectivity index (χ4n) is 1.90. The Kier molecular flexibility index (Phi) is 4.05. The molecule has 0 atom stereocenters. The second-order valence-corrected chi connectivity index (χ2v) is 5.59. The van der Waals surface area contributed by atoms with Crippen molar-refractivity contribution in [1.29, 1.82) is 0 Å². The van der Waals surface area contributed by atoms with Crippen LogP contribution in [0.5, 0.6) is 0 Å². The number of carbonyl (C=O) groups excluding carboxylic acids is 1. The van der Waals surface area contributed by atoms with Crippen LogP contribution in [0.4, 0.5) is 5.69 Å². The topological polar surface area (TPSA) is 29.1 Å². The fourth-order valence-corrected chi connectivity index (χ4v) is 2.15. The highest BCUT2D eigenvalue weighted by molar-refractivity contribution is 9.10. The van der Waals surface area contributed by atoms with Gasteiger partial charge >= 0.3 is 0 Å². The van der Waals surface area contributed by atoms with Crippen molar-refractivity contribution in [3.8, 4) is 0 Å². The van der Waals surface area contributed by atoms with E-state index in [4.69, 9.17) is 0 Å². The summed E-state index contributed by atoms with van der Waals surface area (Å²) in [6.07, 6.45) is 0. The van der Waals surface area contributed by atoms with Crippen LogP contribution in [0.3, 0.4) is 0 Å². The molecule has 0 saturated heterocycles. The molecule has 2 nitrogen and oxygen atoms in total. The van der Waals surface area contributed by atoms with Gasteiger partial charge in [-0.15, -0.1) is 0 Å². The van der Waals surface area contributed by atoms with Crippen LogP contribution >= 0.6 is 15.9 Å². The molecule has 1 N–H and O–H groups in total. The molecule has 3 heteroatoms. The predicted molar refractivity (Wildman–Crippen MR) is 82.7 cm³/mol. The molecule has 0 saturated carbocycles. The lowest BCUT2D eigenvalue weighted by Crippen LogP contribution is -2.13. The molecule has 19 heavy (non-hydrogen) atoms. The third-order valence-corrected chi connectivity index (χ3v) is 3.94. The highest BCUT2D eigenvalue weighted by Gasteiger charge is 2.09. The van der Waals surface area contributed by atoms with Gasteiger partial charge in [-0.3, -0.25) is 4.79 Å². The van der Waals surface area contributed by atoms with Gasteiger partial charge in [0, 0.05) is 15.7 Å². The summed E-state index contributed by atoms with van der Waals surface area (Å²) in [5, 5.41) is 2.93. The number of amides is 1. The minimum atomic E-state index is -0.0667. The lowest BCUT2D eigenvalue weighted by molar-refractivity contribution is 0.102. The van der Waals surface area contributed by atoms with Crippen molar-refractivity contribution in [2.45, 2.75) is 20.8 Å². The molecule has 0 spiro atoms. The van der Waals surface area contributed by atoms with Crippen LogP contribution in [0.25, 0.3) is 0 Å². The van der Waals surface area contributed by atoms with Gasteiger partial charge in [-0.25, -0.2) is 0 Å². The van der Waals surface area contributed by atoms with Crippen molar-refractivity contribution in [1.82, 2.24) is 0 Å². The molecular formula is C16H16BrNO. The van der Waals surface area contributed by atoms with Crippen molar-refractivity contribution >= 4 is 27.5 Å². The Balaban J connectivity index is 2.25. The molecule has 2 aromatic carbocycles. The van der Waals surface area contributed by atoms with E-state index in [0.29, 0.717) is 0 Å². The van der Waals surface area contributed by atoms with E-state index >= 15 is 0 Å². The van der Waals surface area contributed by atoms with Crippen LogP contribution in [0.1, 0.15) is 27.0 Å². The van der Waals surface area contributed by atoms with Crippen LogP contribution < -0.4 is 5.32 Å². The second kappa shape index (κ2) is 5.57. The van der Waals surface area contributed by atoms with Crippen LogP contribution in [0.15, 0.2) is 40.9 Å². The molecule has 2 aromatic rings. The molecule has 0 aliphatic carbocycles. The Morgan fingerprint density at radius 1 is 1.00 bits per heavy atom. The Bertz CT molecular complexity index is 635. The summed E-state index contributed by atoms with van der Waals surface area (Å²) < 4.78 is 1.04. The quantitative estimate of drug-likeness (QED) is 0.859. The van der Waals surface area contributed by atoms with E-state index in [9.17, 15) is 4.79 Å². The summed E-state index contributed by atoms with van der Waals surface area (Å²) in [6, 6.07) is 11.7. The molecule has 0 aromatic heterocycles. The highest BCUT2D eigenvalue weighted by Crippen LogP contribution is 2.21. The van der Waals surface area contributed by atoms with Gasteiger partial charge < -0.3 is 5.32 Å². The maximum atomic E-state index is 12.3. The number of hydrogen-bond donors (Lipinski definition) is 1. The number of carbonyl (C=O) groups is 1. The highest BCUT2D eigenvalue weighted by atomic mass is 79.9. The number of nitrogens with one attached hydrogen (secondary N) is 1.